The van der Waals surface area contributed by atoms with Crippen molar-refractivity contribution < 1.29 is 9.90 Å². The standard InChI is InChI=1S/C13H24O2/c1-9-5-10(2)7-11(6-9)13(3,4)8-12(14)15/h9-11H,5-8H2,1-4H3,(H,14,15). The molecular formula is C13H24O2. The van der Waals surface area contributed by atoms with E-state index in [0.29, 0.717) is 12.3 Å². The highest BCUT2D eigenvalue weighted by Gasteiger charge is 2.36. The number of carboxylic acids is 1. The first kappa shape index (κ1) is 12.5. The van der Waals surface area contributed by atoms with Crippen LogP contribution in [0.3, 0.4) is 0 Å². The molecule has 0 aromatic heterocycles. The summed E-state index contributed by atoms with van der Waals surface area (Å²) in [6.45, 7) is 8.80. The summed E-state index contributed by atoms with van der Waals surface area (Å²) in [6.07, 6.45) is 4.01. The van der Waals surface area contributed by atoms with Gasteiger partial charge >= 0.3 is 5.97 Å². The fourth-order valence-corrected chi connectivity index (χ4v) is 3.12. The van der Waals surface area contributed by atoms with Crippen LogP contribution in [0.2, 0.25) is 0 Å². The van der Waals surface area contributed by atoms with E-state index < -0.39 is 5.97 Å². The maximum atomic E-state index is 10.8. The number of hydrogen-bond donors (Lipinski definition) is 1. The Balaban J connectivity index is 2.64. The van der Waals surface area contributed by atoms with Crippen molar-refractivity contribution in [1.29, 1.82) is 0 Å². The fourth-order valence-electron chi connectivity index (χ4n) is 3.12. The van der Waals surface area contributed by atoms with Gasteiger partial charge in [-0.15, -0.1) is 0 Å². The summed E-state index contributed by atoms with van der Waals surface area (Å²) in [5.41, 5.74) is -0.0469. The second-order valence-corrected chi connectivity index (χ2v) is 6.17. The van der Waals surface area contributed by atoms with Crippen molar-refractivity contribution in [2.24, 2.45) is 23.2 Å². The van der Waals surface area contributed by atoms with Gasteiger partial charge in [-0.25, -0.2) is 0 Å². The lowest BCUT2D eigenvalue weighted by Crippen LogP contribution is -2.33. The van der Waals surface area contributed by atoms with E-state index in [1.807, 2.05) is 0 Å². The van der Waals surface area contributed by atoms with Gasteiger partial charge in [0.05, 0.1) is 6.42 Å². The molecule has 0 heterocycles. The third-order valence-corrected chi connectivity index (χ3v) is 3.89. The first-order chi connectivity index (χ1) is 6.81. The van der Waals surface area contributed by atoms with Gasteiger partial charge in [0, 0.05) is 0 Å². The quantitative estimate of drug-likeness (QED) is 0.776. The molecule has 1 rings (SSSR count). The molecule has 1 saturated carbocycles. The summed E-state index contributed by atoms with van der Waals surface area (Å²) in [4.78, 5) is 10.8. The molecule has 2 unspecified atom stereocenters. The van der Waals surface area contributed by atoms with Crippen molar-refractivity contribution in [1.82, 2.24) is 0 Å². The average Bonchev–Trinajstić information content (AvgIpc) is 1.99. The highest BCUT2D eigenvalue weighted by molar-refractivity contribution is 5.67. The lowest BCUT2D eigenvalue weighted by Gasteiger charge is -2.40. The average molecular weight is 212 g/mol. The molecule has 88 valence electrons. The zero-order valence-corrected chi connectivity index (χ0v) is 10.4. The van der Waals surface area contributed by atoms with Gasteiger partial charge < -0.3 is 5.11 Å². The monoisotopic (exact) mass is 212 g/mol. The van der Waals surface area contributed by atoms with Crippen molar-refractivity contribution in [3.05, 3.63) is 0 Å². The highest BCUT2D eigenvalue weighted by atomic mass is 16.4. The number of carbonyl (C=O) groups is 1. The van der Waals surface area contributed by atoms with E-state index in [9.17, 15) is 4.79 Å². The van der Waals surface area contributed by atoms with Crippen LogP contribution in [0, 0.1) is 23.2 Å². The van der Waals surface area contributed by atoms with E-state index in [-0.39, 0.29) is 5.41 Å². The molecule has 0 spiro atoms. The highest BCUT2D eigenvalue weighted by Crippen LogP contribution is 2.44. The Kier molecular flexibility index (Phi) is 3.80. The van der Waals surface area contributed by atoms with Crippen LogP contribution >= 0.6 is 0 Å². The van der Waals surface area contributed by atoms with Crippen molar-refractivity contribution in [2.45, 2.75) is 53.4 Å². The Labute approximate surface area is 93.1 Å². The van der Waals surface area contributed by atoms with Gasteiger partial charge in [0.1, 0.15) is 0 Å². The van der Waals surface area contributed by atoms with E-state index in [4.69, 9.17) is 5.11 Å². The van der Waals surface area contributed by atoms with Crippen LogP contribution in [0.4, 0.5) is 0 Å². The first-order valence-electron chi connectivity index (χ1n) is 6.03. The predicted octanol–water partition coefficient (Wildman–Crippen LogP) is 3.56. The minimum Gasteiger partial charge on any atom is -0.481 e. The van der Waals surface area contributed by atoms with Gasteiger partial charge in [0.15, 0.2) is 0 Å². The van der Waals surface area contributed by atoms with E-state index in [0.717, 1.165) is 11.8 Å². The second kappa shape index (κ2) is 4.54. The van der Waals surface area contributed by atoms with Gasteiger partial charge in [0.2, 0.25) is 0 Å². The summed E-state index contributed by atoms with van der Waals surface area (Å²) in [5.74, 6) is 1.43. The molecule has 15 heavy (non-hydrogen) atoms. The molecule has 1 aliphatic carbocycles. The van der Waals surface area contributed by atoms with E-state index in [1.165, 1.54) is 19.3 Å². The topological polar surface area (TPSA) is 37.3 Å². The molecule has 1 fully saturated rings. The van der Waals surface area contributed by atoms with Crippen LogP contribution in [-0.2, 0) is 4.79 Å². The zero-order chi connectivity index (χ0) is 11.6. The number of aliphatic carboxylic acids is 1. The molecule has 2 heteroatoms. The molecule has 1 N–H and O–H groups in total. The van der Waals surface area contributed by atoms with E-state index >= 15 is 0 Å². The molecule has 0 saturated heterocycles. The molecule has 0 aliphatic heterocycles. The van der Waals surface area contributed by atoms with Crippen molar-refractivity contribution in [3.8, 4) is 0 Å². The Morgan fingerprint density at radius 3 is 2.07 bits per heavy atom. The summed E-state index contributed by atoms with van der Waals surface area (Å²) >= 11 is 0. The second-order valence-electron chi connectivity index (χ2n) is 6.17. The number of rotatable bonds is 3. The fraction of sp³-hybridized carbons (Fsp3) is 0.923. The van der Waals surface area contributed by atoms with E-state index in [1.54, 1.807) is 0 Å². The molecule has 2 atom stereocenters. The van der Waals surface area contributed by atoms with E-state index in [2.05, 4.69) is 27.7 Å². The Morgan fingerprint density at radius 1 is 1.20 bits per heavy atom. The summed E-state index contributed by atoms with van der Waals surface area (Å²) in [5, 5.41) is 8.91. The Hall–Kier alpha value is -0.530. The van der Waals surface area contributed by atoms with Crippen LogP contribution in [0.1, 0.15) is 53.4 Å². The summed E-state index contributed by atoms with van der Waals surface area (Å²) < 4.78 is 0. The first-order valence-corrected chi connectivity index (χ1v) is 6.03. The smallest absolute Gasteiger partial charge is 0.303 e. The largest absolute Gasteiger partial charge is 0.481 e. The Bertz CT molecular complexity index is 223. The summed E-state index contributed by atoms with van der Waals surface area (Å²) in [6, 6.07) is 0. The predicted molar refractivity (Wildman–Crippen MR) is 61.7 cm³/mol. The molecule has 2 nitrogen and oxygen atoms in total. The molecule has 0 bridgehead atoms. The molecule has 0 aromatic rings. The van der Waals surface area contributed by atoms with Crippen molar-refractivity contribution >= 4 is 5.97 Å². The van der Waals surface area contributed by atoms with Crippen LogP contribution in [0.25, 0.3) is 0 Å². The third kappa shape index (κ3) is 3.51. The molecule has 0 aromatic carbocycles. The maximum Gasteiger partial charge on any atom is 0.303 e. The summed E-state index contributed by atoms with van der Waals surface area (Å²) in [7, 11) is 0. The lowest BCUT2D eigenvalue weighted by atomic mass is 9.64. The normalized spacial score (nSPS) is 32.7. The SMILES string of the molecule is CC1CC(C)CC(C(C)(C)CC(=O)O)C1. The van der Waals surface area contributed by atoms with Crippen LogP contribution < -0.4 is 0 Å². The third-order valence-electron chi connectivity index (χ3n) is 3.89. The zero-order valence-electron chi connectivity index (χ0n) is 10.4. The number of hydrogen-bond acceptors (Lipinski definition) is 1. The lowest BCUT2D eigenvalue weighted by molar-refractivity contribution is -0.140. The van der Waals surface area contributed by atoms with Gasteiger partial charge in [-0.2, -0.15) is 0 Å². The molecule has 1 aliphatic rings. The molecule has 0 radical (unpaired) electrons. The van der Waals surface area contributed by atoms with Gasteiger partial charge in [0.25, 0.3) is 0 Å². The minimum absolute atomic E-state index is 0.0469. The van der Waals surface area contributed by atoms with Crippen LogP contribution in [0.15, 0.2) is 0 Å². The van der Waals surface area contributed by atoms with Gasteiger partial charge in [-0.3, -0.25) is 4.79 Å². The van der Waals surface area contributed by atoms with Crippen LogP contribution in [0.5, 0.6) is 0 Å². The maximum absolute atomic E-state index is 10.8. The van der Waals surface area contributed by atoms with Crippen LogP contribution in [-0.4, -0.2) is 11.1 Å². The molecule has 0 amide bonds. The van der Waals surface area contributed by atoms with Gasteiger partial charge in [-0.05, 0) is 42.4 Å². The Morgan fingerprint density at radius 2 is 1.67 bits per heavy atom. The van der Waals surface area contributed by atoms with Crippen molar-refractivity contribution in [3.63, 3.8) is 0 Å². The van der Waals surface area contributed by atoms with Crippen molar-refractivity contribution in [2.75, 3.05) is 0 Å². The minimum atomic E-state index is -0.661. The number of carboxylic acid groups (broad SMARTS) is 1. The molecular weight excluding hydrogens is 188 g/mol. The van der Waals surface area contributed by atoms with Gasteiger partial charge in [-0.1, -0.05) is 27.7 Å².